The largest absolute Gasteiger partial charge is 0.503 e. The van der Waals surface area contributed by atoms with Gasteiger partial charge < -0.3 is 9.84 Å². The minimum absolute atomic E-state index is 0.0548. The summed E-state index contributed by atoms with van der Waals surface area (Å²) in [6, 6.07) is 31.3. The number of anilines is 1. The third-order valence-corrected chi connectivity index (χ3v) is 9.15. The van der Waals surface area contributed by atoms with Gasteiger partial charge in [0.2, 0.25) is 5.13 Å². The standard InChI is InChI=1S/C35H26FN3O4S2/c36-27-16-11-25(12-17-27)22-44-35-38-37-34(45-35)39-31(26-14-18-28(19-15-26)43-21-24-9-5-2-6-10-24)30(32(41)33(39)42)29(40)20-13-23-7-3-1-4-8-23/h1-20,31,41H,21-22H2/b20-13+. The van der Waals surface area contributed by atoms with Crippen LogP contribution in [0, 0.1) is 5.82 Å². The number of aromatic nitrogens is 2. The number of carbonyl (C=O) groups excluding carboxylic acids is 2. The normalized spacial score (nSPS) is 14.8. The second-order valence-electron chi connectivity index (χ2n) is 10.1. The van der Waals surface area contributed by atoms with Crippen LogP contribution in [0.15, 0.2) is 131 Å². The smallest absolute Gasteiger partial charge is 0.296 e. The molecular formula is C35H26FN3O4S2. The first-order chi connectivity index (χ1) is 22.0. The first-order valence-corrected chi connectivity index (χ1v) is 15.8. The Morgan fingerprint density at radius 3 is 2.31 bits per heavy atom. The summed E-state index contributed by atoms with van der Waals surface area (Å²) in [4.78, 5) is 28.4. The number of ether oxygens (including phenoxy) is 1. The predicted octanol–water partition coefficient (Wildman–Crippen LogP) is 7.73. The summed E-state index contributed by atoms with van der Waals surface area (Å²) in [5, 5.41) is 19.8. The second kappa shape index (κ2) is 13.7. The highest BCUT2D eigenvalue weighted by Gasteiger charge is 2.45. The fourth-order valence-electron chi connectivity index (χ4n) is 4.77. The van der Waals surface area contributed by atoms with Crippen molar-refractivity contribution in [3.63, 3.8) is 0 Å². The van der Waals surface area contributed by atoms with E-state index in [2.05, 4.69) is 10.2 Å². The predicted molar refractivity (Wildman–Crippen MR) is 173 cm³/mol. The van der Waals surface area contributed by atoms with Gasteiger partial charge in [-0.3, -0.25) is 14.5 Å². The van der Waals surface area contributed by atoms with E-state index < -0.39 is 23.5 Å². The van der Waals surface area contributed by atoms with E-state index in [1.165, 1.54) is 46.2 Å². The Morgan fingerprint density at radius 2 is 1.60 bits per heavy atom. The van der Waals surface area contributed by atoms with Crippen LogP contribution in [0.4, 0.5) is 9.52 Å². The molecule has 1 amide bonds. The minimum atomic E-state index is -0.948. The van der Waals surface area contributed by atoms with Crippen LogP contribution in [0.2, 0.25) is 0 Å². The molecule has 224 valence electrons. The van der Waals surface area contributed by atoms with Gasteiger partial charge in [-0.15, -0.1) is 10.2 Å². The van der Waals surface area contributed by atoms with E-state index >= 15 is 0 Å². The zero-order chi connectivity index (χ0) is 31.2. The van der Waals surface area contributed by atoms with Crippen LogP contribution in [0.5, 0.6) is 5.75 Å². The van der Waals surface area contributed by atoms with Crippen molar-refractivity contribution >= 4 is 46.0 Å². The van der Waals surface area contributed by atoms with Crippen LogP contribution in [0.25, 0.3) is 6.08 Å². The van der Waals surface area contributed by atoms with Gasteiger partial charge >= 0.3 is 0 Å². The fraction of sp³-hybridized carbons (Fsp3) is 0.0857. The van der Waals surface area contributed by atoms with Crippen LogP contribution < -0.4 is 9.64 Å². The molecule has 1 aromatic heterocycles. The number of aliphatic hydroxyl groups excluding tert-OH is 1. The number of halogens is 1. The maximum atomic E-state index is 13.6. The Hall–Kier alpha value is -5.06. The molecule has 0 radical (unpaired) electrons. The zero-order valence-electron chi connectivity index (χ0n) is 23.7. The van der Waals surface area contributed by atoms with E-state index in [4.69, 9.17) is 4.74 Å². The molecule has 1 atom stereocenters. The Morgan fingerprint density at radius 1 is 0.911 bits per heavy atom. The van der Waals surface area contributed by atoms with Crippen LogP contribution in [-0.4, -0.2) is 27.0 Å². The molecule has 0 saturated heterocycles. The van der Waals surface area contributed by atoms with E-state index in [9.17, 15) is 19.1 Å². The molecule has 0 spiro atoms. The number of hydrogen-bond donors (Lipinski definition) is 1. The van der Waals surface area contributed by atoms with Crippen molar-refractivity contribution in [3.05, 3.63) is 155 Å². The van der Waals surface area contributed by atoms with Crippen molar-refractivity contribution in [2.24, 2.45) is 0 Å². The number of amides is 1. The molecule has 1 aliphatic heterocycles. The molecule has 1 aliphatic rings. The van der Waals surface area contributed by atoms with Crippen molar-refractivity contribution < 1.29 is 23.8 Å². The lowest BCUT2D eigenvalue weighted by molar-refractivity contribution is -0.117. The van der Waals surface area contributed by atoms with Gasteiger partial charge in [-0.2, -0.15) is 0 Å². The minimum Gasteiger partial charge on any atom is -0.503 e. The summed E-state index contributed by atoms with van der Waals surface area (Å²) in [7, 11) is 0. The first kappa shape index (κ1) is 30.0. The van der Waals surface area contributed by atoms with Crippen LogP contribution in [0.1, 0.15) is 28.3 Å². The fourth-order valence-corrected chi connectivity index (χ4v) is 6.59. The monoisotopic (exact) mass is 635 g/mol. The average molecular weight is 636 g/mol. The number of thioether (sulfide) groups is 1. The van der Waals surface area contributed by atoms with Gasteiger partial charge in [0.05, 0.1) is 11.6 Å². The van der Waals surface area contributed by atoms with Crippen LogP contribution in [0.3, 0.4) is 0 Å². The molecule has 0 saturated carbocycles. The number of benzene rings is 4. The van der Waals surface area contributed by atoms with E-state index in [1.807, 2.05) is 60.7 Å². The lowest BCUT2D eigenvalue weighted by Crippen LogP contribution is -2.30. The average Bonchev–Trinajstić information content (AvgIpc) is 3.65. The molecule has 1 N–H and O–H groups in total. The molecule has 10 heteroatoms. The van der Waals surface area contributed by atoms with E-state index in [0.29, 0.717) is 28.0 Å². The van der Waals surface area contributed by atoms with E-state index in [-0.39, 0.29) is 16.5 Å². The van der Waals surface area contributed by atoms with Crippen LogP contribution in [-0.2, 0) is 21.9 Å². The Balaban J connectivity index is 1.28. The van der Waals surface area contributed by atoms with Crippen molar-refractivity contribution in [2.75, 3.05) is 4.90 Å². The molecule has 1 unspecified atom stereocenters. The molecule has 0 bridgehead atoms. The van der Waals surface area contributed by atoms with Crippen molar-refractivity contribution in [1.82, 2.24) is 10.2 Å². The van der Waals surface area contributed by atoms with Gasteiger partial charge in [0.1, 0.15) is 18.2 Å². The Kier molecular flexibility index (Phi) is 9.14. The zero-order valence-corrected chi connectivity index (χ0v) is 25.4. The molecule has 0 aliphatic carbocycles. The summed E-state index contributed by atoms with van der Waals surface area (Å²) < 4.78 is 19.8. The highest BCUT2D eigenvalue weighted by molar-refractivity contribution is 8.00. The molecule has 5 aromatic rings. The molecule has 0 fully saturated rings. The van der Waals surface area contributed by atoms with Crippen molar-refractivity contribution in [2.45, 2.75) is 22.7 Å². The number of ketones is 1. The Labute approximate surface area is 267 Å². The van der Waals surface area contributed by atoms with Crippen molar-refractivity contribution in [3.8, 4) is 5.75 Å². The van der Waals surface area contributed by atoms with Crippen molar-refractivity contribution in [1.29, 1.82) is 0 Å². The van der Waals surface area contributed by atoms with Gasteiger partial charge in [-0.1, -0.05) is 114 Å². The SMILES string of the molecule is O=C(/C=C/c1ccccc1)C1=C(O)C(=O)N(c2nnc(SCc3ccc(F)cc3)s2)C1c1ccc(OCc2ccccc2)cc1. The number of carbonyl (C=O) groups is 2. The maximum absolute atomic E-state index is 13.6. The number of nitrogens with zero attached hydrogens (tertiary/aromatic N) is 3. The third-order valence-electron chi connectivity index (χ3n) is 7.02. The summed E-state index contributed by atoms with van der Waals surface area (Å²) in [6.45, 7) is 0.381. The first-order valence-electron chi connectivity index (χ1n) is 14.0. The van der Waals surface area contributed by atoms with E-state index in [1.54, 1.807) is 42.5 Å². The number of rotatable bonds is 11. The summed E-state index contributed by atoms with van der Waals surface area (Å²) in [5.74, 6) is -1.06. The number of aliphatic hydroxyl groups is 1. The lowest BCUT2D eigenvalue weighted by Gasteiger charge is -2.24. The summed E-state index contributed by atoms with van der Waals surface area (Å²) in [6.07, 6.45) is 2.99. The summed E-state index contributed by atoms with van der Waals surface area (Å²) in [5.41, 5.74) is 3.26. The van der Waals surface area contributed by atoms with Gasteiger partial charge in [0, 0.05) is 5.75 Å². The molecule has 6 rings (SSSR count). The van der Waals surface area contributed by atoms with Gasteiger partial charge in [0.25, 0.3) is 5.91 Å². The van der Waals surface area contributed by atoms with Crippen LogP contribution >= 0.6 is 23.1 Å². The highest BCUT2D eigenvalue weighted by Crippen LogP contribution is 2.43. The van der Waals surface area contributed by atoms with E-state index in [0.717, 1.165) is 16.7 Å². The molecular weight excluding hydrogens is 610 g/mol. The second-order valence-corrected chi connectivity index (χ2v) is 12.2. The topological polar surface area (TPSA) is 92.6 Å². The molecule has 4 aromatic carbocycles. The van der Waals surface area contributed by atoms with Gasteiger partial charge in [-0.25, -0.2) is 4.39 Å². The molecule has 45 heavy (non-hydrogen) atoms. The number of hydrogen-bond acceptors (Lipinski definition) is 8. The summed E-state index contributed by atoms with van der Waals surface area (Å²) >= 11 is 2.56. The lowest BCUT2D eigenvalue weighted by atomic mass is 9.95. The maximum Gasteiger partial charge on any atom is 0.296 e. The highest BCUT2D eigenvalue weighted by atomic mass is 32.2. The van der Waals surface area contributed by atoms with Gasteiger partial charge in [-0.05, 0) is 52.6 Å². The quantitative estimate of drug-likeness (QED) is 0.0902. The molecule has 2 heterocycles. The molecule has 7 nitrogen and oxygen atoms in total. The van der Waals surface area contributed by atoms with Gasteiger partial charge in [0.15, 0.2) is 15.9 Å². The number of allylic oxidation sites excluding steroid dienone is 1. The Bertz CT molecular complexity index is 1860. The third kappa shape index (κ3) is 7.03.